The highest BCUT2D eigenvalue weighted by Gasteiger charge is 2.12. The van der Waals surface area contributed by atoms with Crippen LogP contribution in [0.15, 0.2) is 24.3 Å². The van der Waals surface area contributed by atoms with E-state index >= 15 is 0 Å². The third-order valence-corrected chi connectivity index (χ3v) is 2.31. The van der Waals surface area contributed by atoms with Gasteiger partial charge in [0.05, 0.1) is 13.0 Å². The molecule has 0 aliphatic carbocycles. The molecular weight excluding hydrogens is 244 g/mol. The van der Waals surface area contributed by atoms with Crippen molar-refractivity contribution in [3.63, 3.8) is 0 Å². The van der Waals surface area contributed by atoms with Crippen molar-refractivity contribution < 1.29 is 14.7 Å². The van der Waals surface area contributed by atoms with E-state index in [-0.39, 0.29) is 18.9 Å². The molecule has 0 saturated heterocycles. The number of aliphatic hydroxyl groups is 1. The van der Waals surface area contributed by atoms with Gasteiger partial charge in [0.15, 0.2) is 0 Å². The monoisotopic (exact) mass is 256 g/mol. The molecule has 0 aliphatic heterocycles. The molecule has 6 heteroatoms. The van der Waals surface area contributed by atoms with E-state index in [2.05, 4.69) is 5.32 Å². The SMILES string of the molecule is NC(=O)C(O)CNC(=O)Cc1cccc(Cl)c1. The zero-order valence-electron chi connectivity index (χ0n) is 9.02. The molecule has 92 valence electrons. The third-order valence-electron chi connectivity index (χ3n) is 2.07. The van der Waals surface area contributed by atoms with Crippen LogP contribution in [0.5, 0.6) is 0 Å². The van der Waals surface area contributed by atoms with Gasteiger partial charge in [-0.3, -0.25) is 9.59 Å². The van der Waals surface area contributed by atoms with E-state index in [0.29, 0.717) is 5.02 Å². The molecule has 0 radical (unpaired) electrons. The average Bonchev–Trinajstić information content (AvgIpc) is 2.25. The summed E-state index contributed by atoms with van der Waals surface area (Å²) in [7, 11) is 0. The number of nitrogens with two attached hydrogens (primary N) is 1. The largest absolute Gasteiger partial charge is 0.381 e. The number of nitrogens with one attached hydrogen (secondary N) is 1. The number of halogens is 1. The summed E-state index contributed by atoms with van der Waals surface area (Å²) in [4.78, 5) is 22.0. The summed E-state index contributed by atoms with van der Waals surface area (Å²) in [6, 6.07) is 6.88. The van der Waals surface area contributed by atoms with Gasteiger partial charge in [0.25, 0.3) is 0 Å². The summed E-state index contributed by atoms with van der Waals surface area (Å²) in [5, 5.41) is 12.0. The minimum atomic E-state index is -1.36. The Morgan fingerprint density at radius 3 is 2.76 bits per heavy atom. The first-order valence-electron chi connectivity index (χ1n) is 4.97. The van der Waals surface area contributed by atoms with Crippen LogP contribution in [0.1, 0.15) is 5.56 Å². The minimum Gasteiger partial charge on any atom is -0.381 e. The van der Waals surface area contributed by atoms with Crippen LogP contribution in [0.2, 0.25) is 5.02 Å². The first-order chi connectivity index (χ1) is 7.99. The lowest BCUT2D eigenvalue weighted by Gasteiger charge is -2.08. The molecule has 1 unspecified atom stereocenters. The van der Waals surface area contributed by atoms with Gasteiger partial charge >= 0.3 is 0 Å². The maximum atomic E-state index is 11.4. The highest BCUT2D eigenvalue weighted by Crippen LogP contribution is 2.10. The molecule has 1 aromatic rings. The van der Waals surface area contributed by atoms with E-state index in [1.165, 1.54) is 0 Å². The molecule has 0 saturated carbocycles. The smallest absolute Gasteiger partial charge is 0.248 e. The van der Waals surface area contributed by atoms with E-state index in [1.54, 1.807) is 24.3 Å². The summed E-state index contributed by atoms with van der Waals surface area (Å²) >= 11 is 5.76. The van der Waals surface area contributed by atoms with Crippen LogP contribution in [0.3, 0.4) is 0 Å². The highest BCUT2D eigenvalue weighted by molar-refractivity contribution is 6.30. The molecule has 0 aliphatic rings. The van der Waals surface area contributed by atoms with Crippen LogP contribution in [-0.2, 0) is 16.0 Å². The fourth-order valence-electron chi connectivity index (χ4n) is 1.21. The summed E-state index contributed by atoms with van der Waals surface area (Å²) in [5.74, 6) is -1.18. The lowest BCUT2D eigenvalue weighted by atomic mass is 10.1. The van der Waals surface area contributed by atoms with Crippen molar-refractivity contribution in [2.45, 2.75) is 12.5 Å². The Labute approximate surface area is 104 Å². The molecule has 1 atom stereocenters. The highest BCUT2D eigenvalue weighted by atomic mass is 35.5. The molecule has 5 nitrogen and oxygen atoms in total. The third kappa shape index (κ3) is 4.84. The van der Waals surface area contributed by atoms with E-state index in [4.69, 9.17) is 22.4 Å². The number of primary amides is 1. The van der Waals surface area contributed by atoms with Crippen LogP contribution in [0.25, 0.3) is 0 Å². The summed E-state index contributed by atoms with van der Waals surface area (Å²) in [5.41, 5.74) is 5.59. The standard InChI is InChI=1S/C11H13ClN2O3/c12-8-3-1-2-7(4-8)5-10(16)14-6-9(15)11(13)17/h1-4,9,15H,5-6H2,(H2,13,17)(H,14,16). The van der Waals surface area contributed by atoms with Crippen molar-refractivity contribution in [3.8, 4) is 0 Å². The quantitative estimate of drug-likeness (QED) is 0.684. The second-order valence-corrected chi connectivity index (χ2v) is 3.97. The summed E-state index contributed by atoms with van der Waals surface area (Å²) < 4.78 is 0. The van der Waals surface area contributed by atoms with Gasteiger partial charge in [0.1, 0.15) is 6.10 Å². The molecule has 0 aromatic heterocycles. The number of rotatable bonds is 5. The first-order valence-corrected chi connectivity index (χ1v) is 5.35. The van der Waals surface area contributed by atoms with Gasteiger partial charge in [-0.1, -0.05) is 23.7 Å². The number of amides is 2. The van der Waals surface area contributed by atoms with Crippen molar-refractivity contribution >= 4 is 23.4 Å². The van der Waals surface area contributed by atoms with Gasteiger partial charge in [-0.05, 0) is 17.7 Å². The van der Waals surface area contributed by atoms with Crippen molar-refractivity contribution in [1.29, 1.82) is 0 Å². The molecule has 17 heavy (non-hydrogen) atoms. The predicted molar refractivity (Wildman–Crippen MR) is 63.4 cm³/mol. The van der Waals surface area contributed by atoms with Gasteiger partial charge in [0.2, 0.25) is 11.8 Å². The lowest BCUT2D eigenvalue weighted by molar-refractivity contribution is -0.126. The van der Waals surface area contributed by atoms with E-state index in [0.717, 1.165) is 5.56 Å². The van der Waals surface area contributed by atoms with Crippen LogP contribution in [0.4, 0.5) is 0 Å². The Morgan fingerprint density at radius 2 is 2.18 bits per heavy atom. The molecule has 1 aromatic carbocycles. The molecule has 0 spiro atoms. The number of benzene rings is 1. The van der Waals surface area contributed by atoms with Crippen LogP contribution >= 0.6 is 11.6 Å². The normalized spacial score (nSPS) is 11.9. The van der Waals surface area contributed by atoms with Gasteiger partial charge in [-0.2, -0.15) is 0 Å². The Kier molecular flexibility index (Phi) is 4.93. The van der Waals surface area contributed by atoms with Gasteiger partial charge < -0.3 is 16.2 Å². The second-order valence-electron chi connectivity index (χ2n) is 3.53. The Morgan fingerprint density at radius 1 is 1.47 bits per heavy atom. The van der Waals surface area contributed by atoms with E-state index in [1.807, 2.05) is 0 Å². The number of aliphatic hydroxyl groups excluding tert-OH is 1. The zero-order valence-corrected chi connectivity index (χ0v) is 9.78. The van der Waals surface area contributed by atoms with Crippen molar-refractivity contribution in [2.75, 3.05) is 6.54 Å². The van der Waals surface area contributed by atoms with Gasteiger partial charge in [-0.15, -0.1) is 0 Å². The van der Waals surface area contributed by atoms with Crippen molar-refractivity contribution in [1.82, 2.24) is 5.32 Å². The van der Waals surface area contributed by atoms with Crippen LogP contribution in [0, 0.1) is 0 Å². The maximum Gasteiger partial charge on any atom is 0.248 e. The van der Waals surface area contributed by atoms with E-state index < -0.39 is 12.0 Å². The minimum absolute atomic E-state index is 0.131. The number of carbonyl (C=O) groups is 2. The molecule has 2 amide bonds. The Bertz CT molecular complexity index is 423. The van der Waals surface area contributed by atoms with E-state index in [9.17, 15) is 9.59 Å². The zero-order chi connectivity index (χ0) is 12.8. The molecular formula is C11H13ClN2O3. The first kappa shape index (κ1) is 13.5. The maximum absolute atomic E-state index is 11.4. The van der Waals surface area contributed by atoms with Gasteiger partial charge in [-0.25, -0.2) is 0 Å². The van der Waals surface area contributed by atoms with Crippen molar-refractivity contribution in [2.24, 2.45) is 5.73 Å². The van der Waals surface area contributed by atoms with Crippen molar-refractivity contribution in [3.05, 3.63) is 34.9 Å². The van der Waals surface area contributed by atoms with Crippen LogP contribution < -0.4 is 11.1 Å². The number of carbonyl (C=O) groups excluding carboxylic acids is 2. The summed E-state index contributed by atoms with van der Waals surface area (Å²) in [6.45, 7) is -0.186. The Hall–Kier alpha value is -1.59. The second kappa shape index (κ2) is 6.22. The number of hydrogen-bond acceptors (Lipinski definition) is 3. The topological polar surface area (TPSA) is 92.4 Å². The predicted octanol–water partition coefficient (Wildman–Crippen LogP) is -0.155. The van der Waals surface area contributed by atoms with Crippen LogP contribution in [-0.4, -0.2) is 29.6 Å². The lowest BCUT2D eigenvalue weighted by Crippen LogP contribution is -2.40. The fourth-order valence-corrected chi connectivity index (χ4v) is 1.42. The summed E-state index contributed by atoms with van der Waals surface area (Å²) in [6.07, 6.45) is -1.23. The van der Waals surface area contributed by atoms with Gasteiger partial charge in [0, 0.05) is 5.02 Å². The molecule has 4 N–H and O–H groups in total. The average molecular weight is 257 g/mol. The number of hydrogen-bond donors (Lipinski definition) is 3. The molecule has 1 rings (SSSR count). The molecule has 0 fully saturated rings. The Balaban J connectivity index is 2.42. The molecule has 0 bridgehead atoms. The fraction of sp³-hybridized carbons (Fsp3) is 0.273. The molecule has 0 heterocycles.